The van der Waals surface area contributed by atoms with Crippen LogP contribution in [0, 0.1) is 0 Å². The monoisotopic (exact) mass is 560 g/mol. The lowest BCUT2D eigenvalue weighted by Crippen LogP contribution is -2.27. The van der Waals surface area contributed by atoms with Crippen molar-refractivity contribution in [1.29, 1.82) is 0 Å². The molecule has 4 nitrogen and oxygen atoms in total. The highest BCUT2D eigenvalue weighted by Crippen LogP contribution is 2.11. The maximum absolute atomic E-state index is 12.0. The number of carbonyl (C=O) groups excluding carboxylic acids is 1. The molecule has 0 aromatic carbocycles. The van der Waals surface area contributed by atoms with Gasteiger partial charge in [-0.05, 0) is 51.4 Å². The van der Waals surface area contributed by atoms with Crippen molar-refractivity contribution in [2.75, 3.05) is 19.8 Å². The van der Waals surface area contributed by atoms with Crippen LogP contribution in [0.25, 0.3) is 0 Å². The minimum atomic E-state index is -0.535. The number of ether oxygens (including phenoxy) is 2. The molecule has 40 heavy (non-hydrogen) atoms. The molecule has 1 unspecified atom stereocenters. The summed E-state index contributed by atoms with van der Waals surface area (Å²) in [6.07, 6.45) is 41.5. The van der Waals surface area contributed by atoms with Crippen molar-refractivity contribution in [2.45, 2.75) is 155 Å². The second-order valence-electron chi connectivity index (χ2n) is 10.9. The molecule has 0 amide bonds. The Kier molecular flexibility index (Phi) is 32.2. The molecule has 0 rings (SSSR count). The summed E-state index contributed by atoms with van der Waals surface area (Å²) >= 11 is 0. The van der Waals surface area contributed by atoms with Gasteiger partial charge in [-0.1, -0.05) is 140 Å². The number of esters is 1. The van der Waals surface area contributed by atoms with E-state index in [2.05, 4.69) is 62.5 Å². The van der Waals surface area contributed by atoms with E-state index >= 15 is 0 Å². The third-order valence-electron chi connectivity index (χ3n) is 6.92. The average molecular weight is 561 g/mol. The van der Waals surface area contributed by atoms with Gasteiger partial charge in [-0.3, -0.25) is 4.79 Å². The summed E-state index contributed by atoms with van der Waals surface area (Å²) in [4.78, 5) is 12.0. The first-order valence-corrected chi connectivity index (χ1v) is 16.7. The van der Waals surface area contributed by atoms with Crippen molar-refractivity contribution in [2.24, 2.45) is 0 Å². The van der Waals surface area contributed by atoms with Crippen LogP contribution in [-0.4, -0.2) is 37.0 Å². The summed E-state index contributed by atoms with van der Waals surface area (Å²) in [5, 5.41) is 9.49. The molecular weight excluding hydrogens is 496 g/mol. The number of hydrogen-bond acceptors (Lipinski definition) is 4. The third kappa shape index (κ3) is 30.9. The van der Waals surface area contributed by atoms with Gasteiger partial charge in [0.2, 0.25) is 0 Å². The summed E-state index contributed by atoms with van der Waals surface area (Å²) in [7, 11) is 0. The quantitative estimate of drug-likeness (QED) is 0.0539. The van der Waals surface area contributed by atoms with Gasteiger partial charge in [0.05, 0.1) is 13.2 Å². The Bertz CT molecular complexity index is 635. The molecule has 1 N–H and O–H groups in total. The summed E-state index contributed by atoms with van der Waals surface area (Å²) < 4.78 is 11.0. The first-order valence-electron chi connectivity index (χ1n) is 16.7. The highest BCUT2D eigenvalue weighted by molar-refractivity contribution is 5.69. The standard InChI is InChI=1S/C36H64O4/c1-3-5-7-9-11-13-14-15-16-17-18-19-20-21-22-23-24-26-28-30-32-39-34-35(33-37)40-36(38)31-29-27-25-12-10-8-6-4-2/h5,7,11,13,15-16,18-19,35,37H,3-4,6,8-10,12,14,17,20-34H2,1-2H3/b7-5-,13-11-,16-15-,19-18-. The summed E-state index contributed by atoms with van der Waals surface area (Å²) in [5.41, 5.74) is 0. The molecule has 0 aliphatic rings. The van der Waals surface area contributed by atoms with Gasteiger partial charge in [0, 0.05) is 13.0 Å². The Morgan fingerprint density at radius 3 is 1.70 bits per heavy atom. The largest absolute Gasteiger partial charge is 0.457 e. The molecule has 0 spiro atoms. The van der Waals surface area contributed by atoms with E-state index < -0.39 is 6.10 Å². The number of aliphatic hydroxyl groups excluding tert-OH is 1. The topological polar surface area (TPSA) is 55.8 Å². The maximum Gasteiger partial charge on any atom is 0.306 e. The van der Waals surface area contributed by atoms with E-state index in [1.165, 1.54) is 83.5 Å². The molecule has 0 aliphatic carbocycles. The van der Waals surface area contributed by atoms with Gasteiger partial charge in [0.25, 0.3) is 0 Å². The zero-order valence-electron chi connectivity index (χ0n) is 26.3. The fourth-order valence-corrected chi connectivity index (χ4v) is 4.43. The number of aliphatic hydroxyl groups is 1. The van der Waals surface area contributed by atoms with Crippen LogP contribution < -0.4 is 0 Å². The molecule has 0 bridgehead atoms. The minimum Gasteiger partial charge on any atom is -0.457 e. The molecule has 0 saturated heterocycles. The van der Waals surface area contributed by atoms with Crippen molar-refractivity contribution >= 4 is 5.97 Å². The fraction of sp³-hybridized carbons (Fsp3) is 0.750. The van der Waals surface area contributed by atoms with E-state index in [-0.39, 0.29) is 19.2 Å². The van der Waals surface area contributed by atoms with Crippen LogP contribution in [0.5, 0.6) is 0 Å². The highest BCUT2D eigenvalue weighted by atomic mass is 16.6. The molecule has 232 valence electrons. The van der Waals surface area contributed by atoms with Gasteiger partial charge in [-0.2, -0.15) is 0 Å². The van der Waals surface area contributed by atoms with Crippen molar-refractivity contribution < 1.29 is 19.4 Å². The van der Waals surface area contributed by atoms with Crippen molar-refractivity contribution in [3.8, 4) is 0 Å². The smallest absolute Gasteiger partial charge is 0.306 e. The van der Waals surface area contributed by atoms with E-state index in [1.807, 2.05) is 0 Å². The lowest BCUT2D eigenvalue weighted by molar-refractivity contribution is -0.154. The molecule has 0 fully saturated rings. The SMILES string of the molecule is CC/C=C\C/C=C\C/C=C\C/C=C\CCCCCCCCCOCC(CO)OC(=O)CCCCCCCCCC. The zero-order valence-corrected chi connectivity index (χ0v) is 26.3. The van der Waals surface area contributed by atoms with Gasteiger partial charge in [0.1, 0.15) is 6.10 Å². The van der Waals surface area contributed by atoms with Crippen molar-refractivity contribution in [3.63, 3.8) is 0 Å². The minimum absolute atomic E-state index is 0.177. The molecular formula is C36H64O4. The van der Waals surface area contributed by atoms with Crippen LogP contribution >= 0.6 is 0 Å². The first-order chi connectivity index (χ1) is 19.7. The molecule has 0 saturated carbocycles. The number of allylic oxidation sites excluding steroid dienone is 8. The zero-order chi connectivity index (χ0) is 29.2. The van der Waals surface area contributed by atoms with E-state index in [1.54, 1.807) is 0 Å². The summed E-state index contributed by atoms with van der Waals surface area (Å²) in [5.74, 6) is -0.212. The Hall–Kier alpha value is -1.65. The van der Waals surface area contributed by atoms with Crippen LogP contribution in [0.2, 0.25) is 0 Å². The van der Waals surface area contributed by atoms with E-state index in [0.29, 0.717) is 13.0 Å². The van der Waals surface area contributed by atoms with Gasteiger partial charge in [0.15, 0.2) is 0 Å². The maximum atomic E-state index is 12.0. The number of carbonyl (C=O) groups is 1. The normalized spacial score (nSPS) is 13.0. The van der Waals surface area contributed by atoms with E-state index in [4.69, 9.17) is 9.47 Å². The van der Waals surface area contributed by atoms with Gasteiger partial charge < -0.3 is 14.6 Å². The predicted molar refractivity (Wildman–Crippen MR) is 173 cm³/mol. The number of unbranched alkanes of at least 4 members (excludes halogenated alkanes) is 14. The average Bonchev–Trinajstić information content (AvgIpc) is 2.96. The summed E-state index contributed by atoms with van der Waals surface area (Å²) in [6, 6.07) is 0. The Balaban J connectivity index is 3.47. The Labute approximate surface area is 248 Å². The van der Waals surface area contributed by atoms with Crippen LogP contribution in [0.1, 0.15) is 149 Å². The molecule has 0 aromatic rings. The summed E-state index contributed by atoms with van der Waals surface area (Å²) in [6.45, 7) is 5.17. The van der Waals surface area contributed by atoms with Crippen LogP contribution in [0.15, 0.2) is 48.6 Å². The highest BCUT2D eigenvalue weighted by Gasteiger charge is 2.13. The van der Waals surface area contributed by atoms with Gasteiger partial charge in [-0.15, -0.1) is 0 Å². The number of rotatable bonds is 30. The van der Waals surface area contributed by atoms with Crippen LogP contribution in [0.4, 0.5) is 0 Å². The van der Waals surface area contributed by atoms with E-state index in [0.717, 1.165) is 44.9 Å². The lowest BCUT2D eigenvalue weighted by Gasteiger charge is -2.15. The lowest BCUT2D eigenvalue weighted by atomic mass is 10.1. The molecule has 0 radical (unpaired) electrons. The molecule has 0 heterocycles. The molecule has 0 aromatic heterocycles. The van der Waals surface area contributed by atoms with E-state index in [9.17, 15) is 9.90 Å². The van der Waals surface area contributed by atoms with Crippen molar-refractivity contribution in [1.82, 2.24) is 0 Å². The second kappa shape index (κ2) is 33.6. The Morgan fingerprint density at radius 1 is 0.625 bits per heavy atom. The molecule has 4 heteroatoms. The van der Waals surface area contributed by atoms with Crippen molar-refractivity contribution in [3.05, 3.63) is 48.6 Å². The molecule has 1 atom stereocenters. The Morgan fingerprint density at radius 2 is 1.12 bits per heavy atom. The fourth-order valence-electron chi connectivity index (χ4n) is 4.43. The van der Waals surface area contributed by atoms with Gasteiger partial charge in [-0.25, -0.2) is 0 Å². The second-order valence-corrected chi connectivity index (χ2v) is 10.9. The predicted octanol–water partition coefficient (Wildman–Crippen LogP) is 10.4. The van der Waals surface area contributed by atoms with Crippen LogP contribution in [0.3, 0.4) is 0 Å². The molecule has 0 aliphatic heterocycles. The number of hydrogen-bond donors (Lipinski definition) is 1. The van der Waals surface area contributed by atoms with Crippen LogP contribution in [-0.2, 0) is 14.3 Å². The first kappa shape index (κ1) is 38.4. The van der Waals surface area contributed by atoms with Gasteiger partial charge >= 0.3 is 5.97 Å². The third-order valence-corrected chi connectivity index (χ3v) is 6.92.